The zero-order chi connectivity index (χ0) is 8.81. The maximum Gasteiger partial charge on any atom is 0.149 e. The van der Waals surface area contributed by atoms with Crippen LogP contribution in [0, 0.1) is 0 Å². The fourth-order valence-corrected chi connectivity index (χ4v) is 1.03. The highest BCUT2D eigenvalue weighted by molar-refractivity contribution is 5.56. The molecule has 0 saturated heterocycles. The highest BCUT2D eigenvalue weighted by atomic mass is 16.5. The van der Waals surface area contributed by atoms with Crippen molar-refractivity contribution in [1.82, 2.24) is 0 Å². The lowest BCUT2D eigenvalue weighted by Crippen LogP contribution is -2.15. The van der Waals surface area contributed by atoms with Gasteiger partial charge in [-0.2, -0.15) is 0 Å². The Morgan fingerprint density at radius 3 is 2.58 bits per heavy atom. The topological polar surface area (TPSA) is 26.3 Å². The fraction of sp³-hybridized carbons (Fsp3) is 0.300. The van der Waals surface area contributed by atoms with Gasteiger partial charge in [-0.15, -0.1) is 0 Å². The predicted octanol–water partition coefficient (Wildman–Crippen LogP) is 1.44. The summed E-state index contributed by atoms with van der Waals surface area (Å²) < 4.78 is 4.94. The van der Waals surface area contributed by atoms with E-state index in [-0.39, 0.29) is 6.10 Å². The fourth-order valence-electron chi connectivity index (χ4n) is 1.03. The Morgan fingerprint density at radius 2 is 2.08 bits per heavy atom. The van der Waals surface area contributed by atoms with Gasteiger partial charge in [0.05, 0.1) is 0 Å². The summed E-state index contributed by atoms with van der Waals surface area (Å²) in [7, 11) is 1.54. The first-order valence-electron chi connectivity index (χ1n) is 3.89. The summed E-state index contributed by atoms with van der Waals surface area (Å²) in [6.45, 7) is 0. The summed E-state index contributed by atoms with van der Waals surface area (Å²) in [5.74, 6) is 0. The van der Waals surface area contributed by atoms with Crippen molar-refractivity contribution in [3.63, 3.8) is 0 Å². The largest absolute Gasteiger partial charge is 0.374 e. The van der Waals surface area contributed by atoms with Gasteiger partial charge in [-0.25, -0.2) is 0 Å². The van der Waals surface area contributed by atoms with E-state index in [0.717, 1.165) is 11.8 Å². The number of hydrogen-bond donors (Lipinski definition) is 0. The van der Waals surface area contributed by atoms with Gasteiger partial charge < -0.3 is 9.53 Å². The van der Waals surface area contributed by atoms with E-state index in [0.29, 0.717) is 6.42 Å². The Morgan fingerprint density at radius 1 is 1.42 bits per heavy atom. The van der Waals surface area contributed by atoms with Crippen LogP contribution in [0.2, 0.25) is 0 Å². The molecule has 0 fully saturated rings. The van der Waals surface area contributed by atoms with Crippen molar-refractivity contribution in [3.8, 4) is 0 Å². The number of hydrogen-bond acceptors (Lipinski definition) is 2. The SMILES string of the molecule is CO[C@H](C=O)Cc1ccccc1. The molecule has 1 rings (SSSR count). The molecule has 1 atom stereocenters. The van der Waals surface area contributed by atoms with Gasteiger partial charge in [-0.05, 0) is 5.56 Å². The number of carbonyl (C=O) groups excluding carboxylic acids is 1. The smallest absolute Gasteiger partial charge is 0.149 e. The molecule has 0 saturated carbocycles. The molecule has 0 spiro atoms. The van der Waals surface area contributed by atoms with Gasteiger partial charge in [-0.3, -0.25) is 0 Å². The number of carbonyl (C=O) groups is 1. The predicted molar refractivity (Wildman–Crippen MR) is 47.0 cm³/mol. The van der Waals surface area contributed by atoms with Gasteiger partial charge in [-0.1, -0.05) is 30.3 Å². The van der Waals surface area contributed by atoms with Crippen molar-refractivity contribution >= 4 is 6.29 Å². The summed E-state index contributed by atoms with van der Waals surface area (Å²) in [4.78, 5) is 10.4. The van der Waals surface area contributed by atoms with Crippen LogP contribution in [0.3, 0.4) is 0 Å². The van der Waals surface area contributed by atoms with Crippen molar-refractivity contribution in [2.24, 2.45) is 0 Å². The Balaban J connectivity index is 2.56. The summed E-state index contributed by atoms with van der Waals surface area (Å²) >= 11 is 0. The molecule has 64 valence electrons. The minimum absolute atomic E-state index is 0.313. The van der Waals surface area contributed by atoms with Gasteiger partial charge in [0.15, 0.2) is 0 Å². The monoisotopic (exact) mass is 164 g/mol. The Kier molecular flexibility index (Phi) is 3.48. The van der Waals surface area contributed by atoms with E-state index in [1.165, 1.54) is 0 Å². The van der Waals surface area contributed by atoms with E-state index >= 15 is 0 Å². The van der Waals surface area contributed by atoms with Crippen molar-refractivity contribution in [3.05, 3.63) is 35.9 Å². The number of methoxy groups -OCH3 is 1. The first-order valence-corrected chi connectivity index (χ1v) is 3.89. The molecule has 1 aromatic carbocycles. The molecule has 12 heavy (non-hydrogen) atoms. The zero-order valence-corrected chi connectivity index (χ0v) is 7.07. The molecule has 0 unspecified atom stereocenters. The second-order valence-corrected chi connectivity index (χ2v) is 2.60. The molecular formula is C10H12O2. The number of benzene rings is 1. The van der Waals surface area contributed by atoms with Crippen molar-refractivity contribution in [2.75, 3.05) is 7.11 Å². The third kappa shape index (κ3) is 2.47. The molecular weight excluding hydrogens is 152 g/mol. The lowest BCUT2D eigenvalue weighted by atomic mass is 10.1. The number of aldehydes is 1. The van der Waals surface area contributed by atoms with Crippen LogP contribution < -0.4 is 0 Å². The first kappa shape index (κ1) is 8.94. The second-order valence-electron chi connectivity index (χ2n) is 2.60. The standard InChI is InChI=1S/C10H12O2/c1-12-10(8-11)7-9-5-3-2-4-6-9/h2-6,8,10H,7H2,1H3/t10-/m0/s1. The third-order valence-corrected chi connectivity index (χ3v) is 1.73. The van der Waals surface area contributed by atoms with Crippen LogP contribution in [0.4, 0.5) is 0 Å². The average molecular weight is 164 g/mol. The Labute approximate surface area is 72.2 Å². The third-order valence-electron chi connectivity index (χ3n) is 1.73. The average Bonchev–Trinajstić information content (AvgIpc) is 2.16. The molecule has 2 nitrogen and oxygen atoms in total. The van der Waals surface area contributed by atoms with E-state index in [1.54, 1.807) is 7.11 Å². The Bertz CT molecular complexity index is 231. The quantitative estimate of drug-likeness (QED) is 0.629. The molecule has 0 radical (unpaired) electrons. The molecule has 0 heterocycles. The van der Waals surface area contributed by atoms with Crippen molar-refractivity contribution in [2.45, 2.75) is 12.5 Å². The van der Waals surface area contributed by atoms with Crippen LogP contribution in [0.25, 0.3) is 0 Å². The van der Waals surface area contributed by atoms with Crippen LogP contribution in [0.1, 0.15) is 5.56 Å². The summed E-state index contributed by atoms with van der Waals surface area (Å²) in [6, 6.07) is 9.82. The molecule has 0 N–H and O–H groups in total. The van der Waals surface area contributed by atoms with E-state index in [2.05, 4.69) is 0 Å². The lowest BCUT2D eigenvalue weighted by molar-refractivity contribution is -0.116. The second kappa shape index (κ2) is 4.67. The zero-order valence-electron chi connectivity index (χ0n) is 7.07. The van der Waals surface area contributed by atoms with Crippen LogP contribution in [-0.2, 0) is 16.0 Å². The minimum atomic E-state index is -0.313. The van der Waals surface area contributed by atoms with Crippen molar-refractivity contribution < 1.29 is 9.53 Å². The molecule has 0 aliphatic carbocycles. The van der Waals surface area contributed by atoms with Gasteiger partial charge in [0.1, 0.15) is 12.4 Å². The van der Waals surface area contributed by atoms with E-state index in [9.17, 15) is 4.79 Å². The molecule has 0 aliphatic rings. The van der Waals surface area contributed by atoms with E-state index in [4.69, 9.17) is 4.74 Å². The van der Waals surface area contributed by atoms with Gasteiger partial charge in [0.25, 0.3) is 0 Å². The van der Waals surface area contributed by atoms with Crippen LogP contribution in [0.5, 0.6) is 0 Å². The highest BCUT2D eigenvalue weighted by Crippen LogP contribution is 2.03. The number of ether oxygens (including phenoxy) is 1. The summed E-state index contributed by atoms with van der Waals surface area (Å²) in [6.07, 6.45) is 1.17. The van der Waals surface area contributed by atoms with Crippen LogP contribution >= 0.6 is 0 Å². The first-order chi connectivity index (χ1) is 5.86. The molecule has 1 aromatic rings. The summed E-state index contributed by atoms with van der Waals surface area (Å²) in [5.41, 5.74) is 1.12. The number of rotatable bonds is 4. The van der Waals surface area contributed by atoms with Gasteiger partial charge >= 0.3 is 0 Å². The minimum Gasteiger partial charge on any atom is -0.374 e. The molecule has 0 aliphatic heterocycles. The molecule has 0 bridgehead atoms. The maximum atomic E-state index is 10.4. The van der Waals surface area contributed by atoms with E-state index in [1.807, 2.05) is 30.3 Å². The Hall–Kier alpha value is -1.15. The highest BCUT2D eigenvalue weighted by Gasteiger charge is 2.04. The van der Waals surface area contributed by atoms with Crippen molar-refractivity contribution in [1.29, 1.82) is 0 Å². The lowest BCUT2D eigenvalue weighted by Gasteiger charge is -2.06. The van der Waals surface area contributed by atoms with Crippen LogP contribution in [-0.4, -0.2) is 19.5 Å². The summed E-state index contributed by atoms with van der Waals surface area (Å²) in [5, 5.41) is 0. The van der Waals surface area contributed by atoms with Gasteiger partial charge in [0, 0.05) is 13.5 Å². The molecule has 0 amide bonds. The normalized spacial score (nSPS) is 12.4. The van der Waals surface area contributed by atoms with E-state index < -0.39 is 0 Å². The maximum absolute atomic E-state index is 10.4. The van der Waals surface area contributed by atoms with Gasteiger partial charge in [0.2, 0.25) is 0 Å². The molecule has 2 heteroatoms. The van der Waals surface area contributed by atoms with Crippen LogP contribution in [0.15, 0.2) is 30.3 Å². The molecule has 0 aromatic heterocycles.